The molecule has 0 aromatic rings. The van der Waals surface area contributed by atoms with Crippen LogP contribution in [0.4, 0.5) is 0 Å². The van der Waals surface area contributed by atoms with Gasteiger partial charge in [0.05, 0.1) is 11.0 Å². The molecule has 106 valence electrons. The van der Waals surface area contributed by atoms with Gasteiger partial charge in [-0.3, -0.25) is 0 Å². The number of ether oxygens (including phenoxy) is 1. The Labute approximate surface area is 119 Å². The number of sulfone groups is 1. The van der Waals surface area contributed by atoms with Crippen molar-refractivity contribution in [1.82, 2.24) is 0 Å². The molecule has 0 aromatic carbocycles. The summed E-state index contributed by atoms with van der Waals surface area (Å²) in [5.41, 5.74) is -0.0888. The maximum Gasteiger partial charge on any atom is 0.153 e. The van der Waals surface area contributed by atoms with Gasteiger partial charge in [0.1, 0.15) is 0 Å². The first-order valence-electron chi connectivity index (χ1n) is 6.93. The standard InChI is InChI=1S/C13H23BrO3S/c14-10-13(6-8-17-9-7-13)11-18(15,16)12-4-2-1-3-5-12/h12H,1-11H2. The number of rotatable bonds is 4. The third kappa shape index (κ3) is 3.48. The molecular formula is C13H23BrO3S. The molecule has 1 aliphatic heterocycles. The fourth-order valence-corrected chi connectivity index (χ4v) is 6.64. The summed E-state index contributed by atoms with van der Waals surface area (Å²) in [6, 6.07) is 0. The smallest absolute Gasteiger partial charge is 0.153 e. The zero-order valence-electron chi connectivity index (χ0n) is 10.9. The largest absolute Gasteiger partial charge is 0.381 e. The highest BCUT2D eigenvalue weighted by atomic mass is 79.9. The van der Waals surface area contributed by atoms with Crippen LogP contribution in [-0.4, -0.2) is 38.0 Å². The van der Waals surface area contributed by atoms with Gasteiger partial charge in [0.15, 0.2) is 9.84 Å². The van der Waals surface area contributed by atoms with Gasteiger partial charge in [-0.15, -0.1) is 0 Å². The van der Waals surface area contributed by atoms with Crippen LogP contribution in [-0.2, 0) is 14.6 Å². The van der Waals surface area contributed by atoms with Crippen LogP contribution in [0.15, 0.2) is 0 Å². The van der Waals surface area contributed by atoms with Gasteiger partial charge in [0, 0.05) is 18.5 Å². The topological polar surface area (TPSA) is 43.4 Å². The van der Waals surface area contributed by atoms with Crippen LogP contribution in [0.2, 0.25) is 0 Å². The van der Waals surface area contributed by atoms with Gasteiger partial charge in [-0.2, -0.15) is 0 Å². The van der Waals surface area contributed by atoms with Crippen molar-refractivity contribution in [2.45, 2.75) is 50.2 Å². The quantitative estimate of drug-likeness (QED) is 0.740. The molecule has 0 N–H and O–H groups in total. The number of halogens is 1. The van der Waals surface area contributed by atoms with Crippen molar-refractivity contribution in [3.63, 3.8) is 0 Å². The Bertz CT molecular complexity index is 354. The lowest BCUT2D eigenvalue weighted by molar-refractivity contribution is 0.0366. The fraction of sp³-hybridized carbons (Fsp3) is 1.00. The number of hydrogen-bond donors (Lipinski definition) is 0. The Kier molecular flexibility index (Phi) is 5.12. The molecule has 0 amide bonds. The molecule has 5 heteroatoms. The average molecular weight is 339 g/mol. The van der Waals surface area contributed by atoms with Gasteiger partial charge in [0.2, 0.25) is 0 Å². The van der Waals surface area contributed by atoms with Crippen LogP contribution in [0, 0.1) is 5.41 Å². The normalized spacial score (nSPS) is 26.1. The molecule has 0 radical (unpaired) electrons. The third-order valence-corrected chi connectivity index (χ3v) is 8.10. The molecule has 0 spiro atoms. The zero-order valence-corrected chi connectivity index (χ0v) is 13.3. The van der Waals surface area contributed by atoms with Crippen molar-refractivity contribution in [1.29, 1.82) is 0 Å². The van der Waals surface area contributed by atoms with E-state index in [0.29, 0.717) is 19.0 Å². The second-order valence-corrected chi connectivity index (χ2v) is 8.66. The van der Waals surface area contributed by atoms with Crippen molar-refractivity contribution in [3.05, 3.63) is 0 Å². The summed E-state index contributed by atoms with van der Waals surface area (Å²) in [7, 11) is -2.94. The summed E-state index contributed by atoms with van der Waals surface area (Å²) in [6.45, 7) is 1.40. The Hall–Kier alpha value is 0.390. The number of hydrogen-bond acceptors (Lipinski definition) is 3. The number of alkyl halides is 1. The van der Waals surface area contributed by atoms with E-state index in [9.17, 15) is 8.42 Å². The molecule has 1 heterocycles. The zero-order chi connectivity index (χ0) is 13.1. The minimum absolute atomic E-state index is 0.0787. The van der Waals surface area contributed by atoms with E-state index in [1.807, 2.05) is 0 Å². The van der Waals surface area contributed by atoms with E-state index in [1.165, 1.54) is 6.42 Å². The van der Waals surface area contributed by atoms with Crippen LogP contribution in [0.5, 0.6) is 0 Å². The lowest BCUT2D eigenvalue weighted by Crippen LogP contribution is -2.41. The van der Waals surface area contributed by atoms with Crippen LogP contribution in [0.1, 0.15) is 44.9 Å². The highest BCUT2D eigenvalue weighted by Crippen LogP contribution is 2.36. The van der Waals surface area contributed by atoms with E-state index < -0.39 is 9.84 Å². The van der Waals surface area contributed by atoms with Gasteiger partial charge in [-0.05, 0) is 31.1 Å². The van der Waals surface area contributed by atoms with E-state index in [0.717, 1.165) is 43.9 Å². The molecule has 1 aliphatic carbocycles. The molecule has 3 nitrogen and oxygen atoms in total. The lowest BCUT2D eigenvalue weighted by Gasteiger charge is -2.36. The first-order chi connectivity index (χ1) is 8.58. The summed E-state index contributed by atoms with van der Waals surface area (Å²) >= 11 is 3.52. The Morgan fingerprint density at radius 3 is 2.28 bits per heavy atom. The highest BCUT2D eigenvalue weighted by molar-refractivity contribution is 9.09. The third-order valence-electron chi connectivity index (χ3n) is 4.40. The van der Waals surface area contributed by atoms with Gasteiger partial charge < -0.3 is 4.74 Å². The summed E-state index contributed by atoms with van der Waals surface area (Å²) in [5.74, 6) is 0.347. The molecule has 1 saturated carbocycles. The molecule has 2 fully saturated rings. The van der Waals surface area contributed by atoms with Crippen molar-refractivity contribution >= 4 is 25.8 Å². The van der Waals surface area contributed by atoms with E-state index in [1.54, 1.807) is 0 Å². The minimum Gasteiger partial charge on any atom is -0.381 e. The molecule has 0 atom stereocenters. The maximum absolute atomic E-state index is 12.6. The second kappa shape index (κ2) is 6.23. The van der Waals surface area contributed by atoms with Crippen molar-refractivity contribution in [2.75, 3.05) is 24.3 Å². The molecule has 0 bridgehead atoms. The monoisotopic (exact) mass is 338 g/mol. The summed E-state index contributed by atoms with van der Waals surface area (Å²) in [4.78, 5) is 0. The van der Waals surface area contributed by atoms with Gasteiger partial charge in [-0.25, -0.2) is 8.42 Å². The Morgan fingerprint density at radius 2 is 1.72 bits per heavy atom. The molecule has 2 rings (SSSR count). The fourth-order valence-electron chi connectivity index (χ4n) is 3.09. The van der Waals surface area contributed by atoms with Crippen LogP contribution in [0.25, 0.3) is 0 Å². The first kappa shape index (κ1) is 14.8. The first-order valence-corrected chi connectivity index (χ1v) is 9.77. The second-order valence-electron chi connectivity index (χ2n) is 5.81. The van der Waals surface area contributed by atoms with Crippen molar-refractivity contribution in [3.8, 4) is 0 Å². The van der Waals surface area contributed by atoms with Crippen LogP contribution in [0.3, 0.4) is 0 Å². The lowest BCUT2D eigenvalue weighted by atomic mass is 9.84. The molecule has 18 heavy (non-hydrogen) atoms. The van der Waals surface area contributed by atoms with Crippen LogP contribution >= 0.6 is 15.9 Å². The summed E-state index contributed by atoms with van der Waals surface area (Å²) in [6.07, 6.45) is 6.83. The molecule has 1 saturated heterocycles. The molecule has 0 aromatic heterocycles. The van der Waals surface area contributed by atoms with Crippen LogP contribution < -0.4 is 0 Å². The van der Waals surface area contributed by atoms with E-state index in [-0.39, 0.29) is 10.7 Å². The predicted octanol–water partition coefficient (Wildman–Crippen LogP) is 2.93. The van der Waals surface area contributed by atoms with Crippen molar-refractivity contribution < 1.29 is 13.2 Å². The minimum atomic E-state index is -2.94. The maximum atomic E-state index is 12.6. The van der Waals surface area contributed by atoms with Gasteiger partial charge in [0.25, 0.3) is 0 Å². The molecule has 2 aliphatic rings. The average Bonchev–Trinajstić information content (AvgIpc) is 2.40. The summed E-state index contributed by atoms with van der Waals surface area (Å²) < 4.78 is 30.5. The van der Waals surface area contributed by atoms with E-state index in [4.69, 9.17) is 4.74 Å². The van der Waals surface area contributed by atoms with E-state index in [2.05, 4.69) is 15.9 Å². The summed E-state index contributed by atoms with van der Waals surface area (Å²) in [5, 5.41) is 0.694. The molecular weight excluding hydrogens is 316 g/mol. The van der Waals surface area contributed by atoms with E-state index >= 15 is 0 Å². The van der Waals surface area contributed by atoms with Gasteiger partial charge in [-0.1, -0.05) is 35.2 Å². The Morgan fingerprint density at radius 1 is 1.11 bits per heavy atom. The highest BCUT2D eigenvalue weighted by Gasteiger charge is 2.39. The Balaban J connectivity index is 2.05. The SMILES string of the molecule is O=S(=O)(CC1(CBr)CCOCC1)C1CCCCC1. The van der Waals surface area contributed by atoms with Crippen molar-refractivity contribution in [2.24, 2.45) is 5.41 Å². The van der Waals surface area contributed by atoms with Gasteiger partial charge >= 0.3 is 0 Å². The predicted molar refractivity (Wildman–Crippen MR) is 76.9 cm³/mol. The molecule has 0 unspecified atom stereocenters.